The standard InChI is InChI=1S/C18H33NO4/c1-7-18(8-2,13-20)15(22)23-10-9-19-16(3,4)11-14(21)12-17(19,5)6/h13-14,21H,7-12H2,1-6H3. The van der Waals surface area contributed by atoms with Gasteiger partial charge >= 0.3 is 5.97 Å². The number of aldehydes is 1. The second kappa shape index (κ2) is 7.31. The van der Waals surface area contributed by atoms with E-state index in [1.807, 2.05) is 13.8 Å². The number of ether oxygens (including phenoxy) is 1. The molecule has 0 aliphatic carbocycles. The molecule has 0 spiro atoms. The van der Waals surface area contributed by atoms with Gasteiger partial charge in [0.1, 0.15) is 18.3 Å². The van der Waals surface area contributed by atoms with Gasteiger partial charge in [-0.1, -0.05) is 13.8 Å². The number of aliphatic hydroxyl groups is 1. The predicted molar refractivity (Wildman–Crippen MR) is 90.1 cm³/mol. The lowest BCUT2D eigenvalue weighted by atomic mass is 9.78. The molecule has 0 bridgehead atoms. The molecule has 1 saturated heterocycles. The van der Waals surface area contributed by atoms with Crippen molar-refractivity contribution in [2.24, 2.45) is 5.41 Å². The molecule has 1 rings (SSSR count). The molecule has 0 aromatic carbocycles. The number of nitrogens with zero attached hydrogens (tertiary/aromatic N) is 1. The maximum Gasteiger partial charge on any atom is 0.319 e. The highest BCUT2D eigenvalue weighted by molar-refractivity contribution is 5.93. The Balaban J connectivity index is 2.70. The number of rotatable bonds is 7. The molecule has 0 amide bonds. The second-order valence-electron chi connectivity index (χ2n) is 7.96. The molecule has 134 valence electrons. The first-order chi connectivity index (χ1) is 10.5. The van der Waals surface area contributed by atoms with Crippen LogP contribution in [-0.4, -0.2) is 52.6 Å². The third-order valence-corrected chi connectivity index (χ3v) is 5.37. The molecule has 0 saturated carbocycles. The zero-order chi connectivity index (χ0) is 17.9. The molecule has 1 aliphatic rings. The molecular weight excluding hydrogens is 294 g/mol. The molecule has 0 atom stereocenters. The number of esters is 1. The van der Waals surface area contributed by atoms with Crippen molar-refractivity contribution in [2.45, 2.75) is 84.4 Å². The highest BCUT2D eigenvalue weighted by Crippen LogP contribution is 2.38. The minimum Gasteiger partial charge on any atom is -0.464 e. The van der Waals surface area contributed by atoms with E-state index in [-0.39, 0.29) is 23.8 Å². The van der Waals surface area contributed by atoms with Gasteiger partial charge in [-0.2, -0.15) is 0 Å². The third kappa shape index (κ3) is 4.32. The summed E-state index contributed by atoms with van der Waals surface area (Å²) in [5.74, 6) is -0.426. The van der Waals surface area contributed by atoms with Crippen LogP contribution in [0, 0.1) is 5.41 Å². The smallest absolute Gasteiger partial charge is 0.319 e. The highest BCUT2D eigenvalue weighted by Gasteiger charge is 2.45. The maximum atomic E-state index is 12.3. The predicted octanol–water partition coefficient (Wildman–Crippen LogP) is 2.55. The fourth-order valence-corrected chi connectivity index (χ4v) is 4.00. The fraction of sp³-hybridized carbons (Fsp3) is 0.889. The average Bonchev–Trinajstić information content (AvgIpc) is 2.42. The second-order valence-corrected chi connectivity index (χ2v) is 7.96. The lowest BCUT2D eigenvalue weighted by Crippen LogP contribution is -2.62. The minimum absolute atomic E-state index is 0.162. The minimum atomic E-state index is -1.01. The van der Waals surface area contributed by atoms with Crippen molar-refractivity contribution >= 4 is 12.3 Å². The van der Waals surface area contributed by atoms with Crippen LogP contribution in [0.1, 0.15) is 67.2 Å². The van der Waals surface area contributed by atoms with E-state index in [1.165, 1.54) is 0 Å². The topological polar surface area (TPSA) is 66.8 Å². The molecule has 0 aromatic rings. The maximum absolute atomic E-state index is 12.3. The number of hydrogen-bond acceptors (Lipinski definition) is 5. The number of aliphatic hydroxyl groups excluding tert-OH is 1. The lowest BCUT2D eigenvalue weighted by Gasteiger charge is -2.54. The van der Waals surface area contributed by atoms with E-state index in [9.17, 15) is 14.7 Å². The SMILES string of the molecule is CCC(C=O)(CC)C(=O)OCCN1C(C)(C)CC(O)CC1(C)C. The molecule has 0 aromatic heterocycles. The Kier molecular flexibility index (Phi) is 6.39. The van der Waals surface area contributed by atoms with Gasteiger partial charge in [0.15, 0.2) is 0 Å². The summed E-state index contributed by atoms with van der Waals surface area (Å²) in [5, 5.41) is 10.1. The summed E-state index contributed by atoms with van der Waals surface area (Å²) in [6, 6.07) is 0. The van der Waals surface area contributed by atoms with E-state index in [2.05, 4.69) is 32.6 Å². The Hall–Kier alpha value is -0.940. The van der Waals surface area contributed by atoms with Gasteiger partial charge < -0.3 is 14.6 Å². The van der Waals surface area contributed by atoms with Crippen molar-refractivity contribution in [3.63, 3.8) is 0 Å². The van der Waals surface area contributed by atoms with Crippen LogP contribution in [-0.2, 0) is 14.3 Å². The zero-order valence-corrected chi connectivity index (χ0v) is 15.5. The van der Waals surface area contributed by atoms with Crippen molar-refractivity contribution in [2.75, 3.05) is 13.2 Å². The molecule has 1 heterocycles. The van der Waals surface area contributed by atoms with Crippen molar-refractivity contribution in [3.8, 4) is 0 Å². The van der Waals surface area contributed by atoms with Crippen molar-refractivity contribution in [1.29, 1.82) is 0 Å². The molecule has 5 nitrogen and oxygen atoms in total. The molecule has 1 fully saturated rings. The normalized spacial score (nSPS) is 21.9. The summed E-state index contributed by atoms with van der Waals surface area (Å²) in [7, 11) is 0. The Morgan fingerprint density at radius 2 is 1.70 bits per heavy atom. The van der Waals surface area contributed by atoms with Crippen molar-refractivity contribution in [1.82, 2.24) is 4.90 Å². The number of carbonyl (C=O) groups is 2. The quantitative estimate of drug-likeness (QED) is 0.442. The van der Waals surface area contributed by atoms with Gasteiger partial charge in [0, 0.05) is 17.6 Å². The van der Waals surface area contributed by atoms with E-state index in [0.29, 0.717) is 32.2 Å². The number of hydrogen-bond donors (Lipinski definition) is 1. The van der Waals surface area contributed by atoms with Crippen LogP contribution in [0.2, 0.25) is 0 Å². The molecule has 1 aliphatic heterocycles. The van der Waals surface area contributed by atoms with Crippen LogP contribution in [0.3, 0.4) is 0 Å². The first-order valence-electron chi connectivity index (χ1n) is 8.64. The molecule has 5 heteroatoms. The van der Waals surface area contributed by atoms with Gasteiger partial charge in [0.05, 0.1) is 6.10 Å². The first kappa shape index (κ1) is 20.1. The van der Waals surface area contributed by atoms with Crippen LogP contribution in [0.4, 0.5) is 0 Å². The summed E-state index contributed by atoms with van der Waals surface area (Å²) in [6.07, 6.45) is 2.73. The molecule has 1 N–H and O–H groups in total. The van der Waals surface area contributed by atoms with E-state index in [4.69, 9.17) is 4.74 Å². The highest BCUT2D eigenvalue weighted by atomic mass is 16.5. The Morgan fingerprint density at radius 1 is 1.22 bits per heavy atom. The molecule has 0 unspecified atom stereocenters. The Labute approximate surface area is 140 Å². The first-order valence-corrected chi connectivity index (χ1v) is 8.64. The van der Waals surface area contributed by atoms with Crippen LogP contribution in [0.15, 0.2) is 0 Å². The van der Waals surface area contributed by atoms with Crippen LogP contribution in [0.5, 0.6) is 0 Å². The largest absolute Gasteiger partial charge is 0.464 e. The monoisotopic (exact) mass is 327 g/mol. The summed E-state index contributed by atoms with van der Waals surface area (Å²) in [5.41, 5.74) is -1.33. The number of carbonyl (C=O) groups excluding carboxylic acids is 2. The Bertz CT molecular complexity index is 409. The Morgan fingerprint density at radius 3 is 2.09 bits per heavy atom. The van der Waals surface area contributed by atoms with E-state index in [1.54, 1.807) is 0 Å². The fourth-order valence-electron chi connectivity index (χ4n) is 4.00. The molecule has 0 radical (unpaired) electrons. The van der Waals surface area contributed by atoms with Gasteiger partial charge in [-0.05, 0) is 53.4 Å². The van der Waals surface area contributed by atoms with E-state index < -0.39 is 11.4 Å². The van der Waals surface area contributed by atoms with Crippen molar-refractivity contribution < 1.29 is 19.4 Å². The molecule has 23 heavy (non-hydrogen) atoms. The van der Waals surface area contributed by atoms with Gasteiger partial charge in [-0.25, -0.2) is 0 Å². The number of piperidine rings is 1. The van der Waals surface area contributed by atoms with Crippen molar-refractivity contribution in [3.05, 3.63) is 0 Å². The van der Waals surface area contributed by atoms with Crippen LogP contribution >= 0.6 is 0 Å². The lowest BCUT2D eigenvalue weighted by molar-refractivity contribution is -0.160. The summed E-state index contributed by atoms with van der Waals surface area (Å²) in [4.78, 5) is 25.9. The van der Waals surface area contributed by atoms with Crippen LogP contribution in [0.25, 0.3) is 0 Å². The summed E-state index contributed by atoms with van der Waals surface area (Å²) >= 11 is 0. The van der Waals surface area contributed by atoms with E-state index >= 15 is 0 Å². The summed E-state index contributed by atoms with van der Waals surface area (Å²) < 4.78 is 5.42. The van der Waals surface area contributed by atoms with Crippen LogP contribution < -0.4 is 0 Å². The average molecular weight is 327 g/mol. The zero-order valence-electron chi connectivity index (χ0n) is 15.5. The van der Waals surface area contributed by atoms with Gasteiger partial charge in [-0.15, -0.1) is 0 Å². The van der Waals surface area contributed by atoms with Gasteiger partial charge in [-0.3, -0.25) is 9.69 Å². The van der Waals surface area contributed by atoms with E-state index in [0.717, 1.165) is 6.29 Å². The van der Waals surface area contributed by atoms with Gasteiger partial charge in [0.2, 0.25) is 0 Å². The molecular formula is C18H33NO4. The summed E-state index contributed by atoms with van der Waals surface area (Å²) in [6.45, 7) is 12.9. The third-order valence-electron chi connectivity index (χ3n) is 5.37. The number of likely N-dealkylation sites (tertiary alicyclic amines) is 1. The van der Waals surface area contributed by atoms with Gasteiger partial charge in [0.25, 0.3) is 0 Å².